The van der Waals surface area contributed by atoms with Gasteiger partial charge in [-0.3, -0.25) is 9.59 Å². The number of thioether (sulfide) groups is 1. The smallest absolute Gasteiger partial charge is 0.262 e. The first-order chi connectivity index (χ1) is 16.4. The monoisotopic (exact) mass is 495 g/mol. The average Bonchev–Trinajstić information content (AvgIpc) is 3.19. The molecule has 2 N–H and O–H groups in total. The van der Waals surface area contributed by atoms with E-state index in [2.05, 4.69) is 21.7 Å². The number of hydrogen-bond donors (Lipinski definition) is 2. The van der Waals surface area contributed by atoms with Crippen LogP contribution < -0.4 is 15.4 Å². The molecule has 3 aromatic carbocycles. The van der Waals surface area contributed by atoms with E-state index in [1.54, 1.807) is 24.3 Å². The quantitative estimate of drug-likeness (QED) is 0.302. The van der Waals surface area contributed by atoms with Crippen LogP contribution in [0.2, 0.25) is 0 Å². The molecular weight excluding hydrogens is 473 g/mol. The Morgan fingerprint density at radius 1 is 0.971 bits per heavy atom. The van der Waals surface area contributed by atoms with Gasteiger partial charge in [-0.15, -0.1) is 11.3 Å². The normalized spacial score (nSPS) is 10.8. The average molecular weight is 496 g/mol. The zero-order valence-corrected chi connectivity index (χ0v) is 20.2. The van der Waals surface area contributed by atoms with Gasteiger partial charge in [0.15, 0.2) is 22.5 Å². The molecule has 0 atom stereocenters. The molecule has 4 aromatic rings. The second-order valence-corrected chi connectivity index (χ2v) is 9.90. The molecule has 0 fully saturated rings. The molecule has 1 aromatic heterocycles. The van der Waals surface area contributed by atoms with Crippen molar-refractivity contribution in [1.29, 1.82) is 0 Å². The minimum absolute atomic E-state index is 0.0267. The van der Waals surface area contributed by atoms with Crippen molar-refractivity contribution >= 4 is 56.5 Å². The molecule has 0 aliphatic rings. The number of nitrogens with one attached hydrogen (secondary N) is 2. The van der Waals surface area contributed by atoms with E-state index in [0.29, 0.717) is 5.69 Å². The number of nitrogens with zero attached hydrogens (tertiary/aromatic N) is 1. The van der Waals surface area contributed by atoms with Crippen LogP contribution in [0, 0.1) is 19.7 Å². The van der Waals surface area contributed by atoms with Crippen LogP contribution in [0.5, 0.6) is 5.75 Å². The largest absolute Gasteiger partial charge is 0.481 e. The summed E-state index contributed by atoms with van der Waals surface area (Å²) < 4.78 is 20.5. The van der Waals surface area contributed by atoms with Crippen molar-refractivity contribution in [2.75, 3.05) is 23.0 Å². The summed E-state index contributed by atoms with van der Waals surface area (Å²) in [7, 11) is 0. The lowest BCUT2D eigenvalue weighted by Gasteiger charge is -2.08. The number of anilines is 2. The Labute approximate surface area is 204 Å². The predicted molar refractivity (Wildman–Crippen MR) is 135 cm³/mol. The molecule has 9 heteroatoms. The first kappa shape index (κ1) is 23.7. The lowest BCUT2D eigenvalue weighted by Crippen LogP contribution is -2.20. The van der Waals surface area contributed by atoms with Crippen LogP contribution in [0.15, 0.2) is 65.0 Å². The molecule has 0 saturated heterocycles. The molecule has 2 amide bonds. The van der Waals surface area contributed by atoms with E-state index in [4.69, 9.17) is 4.74 Å². The Balaban J connectivity index is 1.32. The number of carbonyl (C=O) groups excluding carboxylic acids is 2. The summed E-state index contributed by atoms with van der Waals surface area (Å²) in [6.07, 6.45) is 0. The number of amides is 2. The molecule has 0 bridgehead atoms. The third-order valence-corrected chi connectivity index (χ3v) is 6.84. The maximum atomic E-state index is 13.6. The summed E-state index contributed by atoms with van der Waals surface area (Å²) in [5, 5.41) is 5.66. The number of fused-ring (bicyclic) bond motifs is 1. The van der Waals surface area contributed by atoms with Gasteiger partial charge < -0.3 is 15.4 Å². The lowest BCUT2D eigenvalue weighted by molar-refractivity contribution is -0.118. The van der Waals surface area contributed by atoms with Crippen molar-refractivity contribution in [2.24, 2.45) is 0 Å². The molecular formula is C25H22FN3O3S2. The molecule has 34 heavy (non-hydrogen) atoms. The van der Waals surface area contributed by atoms with Crippen LogP contribution in [0.3, 0.4) is 0 Å². The zero-order chi connectivity index (χ0) is 24.1. The van der Waals surface area contributed by atoms with Crippen molar-refractivity contribution in [3.8, 4) is 5.75 Å². The number of hydrogen-bond acceptors (Lipinski definition) is 6. The predicted octanol–water partition coefficient (Wildman–Crippen LogP) is 5.80. The van der Waals surface area contributed by atoms with Crippen molar-refractivity contribution in [2.45, 2.75) is 18.2 Å². The number of thiazole rings is 1. The Hall–Kier alpha value is -3.43. The highest BCUT2D eigenvalue weighted by atomic mass is 32.2. The van der Waals surface area contributed by atoms with Crippen LogP contribution in [-0.4, -0.2) is 29.2 Å². The van der Waals surface area contributed by atoms with Gasteiger partial charge in [0.1, 0.15) is 0 Å². The summed E-state index contributed by atoms with van der Waals surface area (Å²) in [6.45, 7) is 3.68. The number of halogens is 1. The van der Waals surface area contributed by atoms with E-state index >= 15 is 0 Å². The summed E-state index contributed by atoms with van der Waals surface area (Å²) in [5.74, 6) is -0.751. The number of carbonyl (C=O) groups is 2. The van der Waals surface area contributed by atoms with E-state index in [0.717, 1.165) is 31.4 Å². The molecule has 0 radical (unpaired) electrons. The van der Waals surface area contributed by atoms with Crippen molar-refractivity contribution in [3.05, 3.63) is 77.6 Å². The Kier molecular flexibility index (Phi) is 7.44. The molecule has 0 aliphatic heterocycles. The lowest BCUT2D eigenvalue weighted by atomic mass is 10.1. The summed E-state index contributed by atoms with van der Waals surface area (Å²) in [5.41, 5.74) is 4.34. The highest BCUT2D eigenvalue weighted by Gasteiger charge is 2.11. The summed E-state index contributed by atoms with van der Waals surface area (Å²) in [6, 6.07) is 17.2. The Morgan fingerprint density at radius 3 is 2.47 bits per heavy atom. The van der Waals surface area contributed by atoms with Gasteiger partial charge in [-0.25, -0.2) is 9.37 Å². The van der Waals surface area contributed by atoms with Gasteiger partial charge >= 0.3 is 0 Å². The SMILES string of the molecule is Cc1cc(C)cc(NC(=O)CSc2nc3ccc(NC(=O)COc4ccccc4F)cc3s2)c1. The number of ether oxygens (including phenoxy) is 1. The van der Waals surface area contributed by atoms with Crippen LogP contribution in [0.25, 0.3) is 10.2 Å². The number of aromatic nitrogens is 1. The topological polar surface area (TPSA) is 80.3 Å². The maximum Gasteiger partial charge on any atom is 0.262 e. The minimum atomic E-state index is -0.519. The highest BCUT2D eigenvalue weighted by molar-refractivity contribution is 8.01. The molecule has 174 valence electrons. The number of para-hydroxylation sites is 1. The first-order valence-electron chi connectivity index (χ1n) is 10.4. The second-order valence-electron chi connectivity index (χ2n) is 7.64. The zero-order valence-electron chi connectivity index (χ0n) is 18.6. The number of rotatable bonds is 8. The van der Waals surface area contributed by atoms with Crippen LogP contribution in [0.1, 0.15) is 11.1 Å². The van der Waals surface area contributed by atoms with E-state index in [1.165, 1.54) is 35.2 Å². The van der Waals surface area contributed by atoms with Gasteiger partial charge in [0.05, 0.1) is 16.0 Å². The van der Waals surface area contributed by atoms with Gasteiger partial charge in [-0.05, 0) is 67.4 Å². The molecule has 1 heterocycles. The fraction of sp³-hybridized carbons (Fsp3) is 0.160. The van der Waals surface area contributed by atoms with Gasteiger partial charge in [0.25, 0.3) is 5.91 Å². The van der Waals surface area contributed by atoms with Crippen molar-refractivity contribution < 1.29 is 18.7 Å². The maximum absolute atomic E-state index is 13.6. The van der Waals surface area contributed by atoms with E-state index < -0.39 is 11.7 Å². The highest BCUT2D eigenvalue weighted by Crippen LogP contribution is 2.31. The third kappa shape index (κ3) is 6.33. The fourth-order valence-corrected chi connectivity index (χ4v) is 5.22. The van der Waals surface area contributed by atoms with E-state index in [-0.39, 0.29) is 24.0 Å². The van der Waals surface area contributed by atoms with E-state index in [9.17, 15) is 14.0 Å². The Bertz CT molecular complexity index is 1340. The van der Waals surface area contributed by atoms with Gasteiger partial charge in [-0.2, -0.15) is 0 Å². The van der Waals surface area contributed by atoms with Crippen molar-refractivity contribution in [3.63, 3.8) is 0 Å². The third-order valence-electron chi connectivity index (χ3n) is 4.68. The Morgan fingerprint density at radius 2 is 1.71 bits per heavy atom. The molecule has 0 aliphatic carbocycles. The molecule has 0 saturated carbocycles. The van der Waals surface area contributed by atoms with E-state index in [1.807, 2.05) is 32.0 Å². The summed E-state index contributed by atoms with van der Waals surface area (Å²) >= 11 is 2.80. The molecule has 0 unspecified atom stereocenters. The van der Waals surface area contributed by atoms with Crippen LogP contribution in [-0.2, 0) is 9.59 Å². The fourth-order valence-electron chi connectivity index (χ4n) is 3.32. The standard InChI is InChI=1S/C25H22FN3O3S2/c1-15-9-16(2)11-18(10-15)28-24(31)14-33-25-29-20-8-7-17(12-22(20)34-25)27-23(30)13-32-21-6-4-3-5-19(21)26/h3-12H,13-14H2,1-2H3,(H,27,30)(H,28,31). The van der Waals surface area contributed by atoms with Gasteiger partial charge in [0.2, 0.25) is 5.91 Å². The summed E-state index contributed by atoms with van der Waals surface area (Å²) in [4.78, 5) is 29.1. The van der Waals surface area contributed by atoms with Crippen molar-refractivity contribution in [1.82, 2.24) is 4.98 Å². The van der Waals surface area contributed by atoms with Gasteiger partial charge in [-0.1, -0.05) is 30.0 Å². The minimum Gasteiger partial charge on any atom is -0.481 e. The molecule has 0 spiro atoms. The first-order valence-corrected chi connectivity index (χ1v) is 12.2. The molecule has 4 rings (SSSR count). The van der Waals surface area contributed by atoms with Crippen LogP contribution in [0.4, 0.5) is 15.8 Å². The van der Waals surface area contributed by atoms with Crippen LogP contribution >= 0.6 is 23.1 Å². The van der Waals surface area contributed by atoms with Gasteiger partial charge in [0, 0.05) is 11.4 Å². The number of benzene rings is 3. The molecule has 6 nitrogen and oxygen atoms in total. The second kappa shape index (κ2) is 10.7. The number of aryl methyl sites for hydroxylation is 2.